The van der Waals surface area contributed by atoms with E-state index in [0.29, 0.717) is 12.4 Å². The highest BCUT2D eigenvalue weighted by atomic mass is 16.5. The minimum absolute atomic E-state index is 0.0530. The van der Waals surface area contributed by atoms with Crippen molar-refractivity contribution in [2.45, 2.75) is 110 Å². The summed E-state index contributed by atoms with van der Waals surface area (Å²) in [7, 11) is 0. The summed E-state index contributed by atoms with van der Waals surface area (Å²) in [6.07, 6.45) is 20.7. The van der Waals surface area contributed by atoms with E-state index in [1.54, 1.807) is 6.07 Å². The minimum atomic E-state index is -1.21. The Labute approximate surface area is 222 Å². The van der Waals surface area contributed by atoms with E-state index in [-0.39, 0.29) is 11.3 Å². The Morgan fingerprint density at radius 1 is 0.730 bits per heavy atom. The van der Waals surface area contributed by atoms with Gasteiger partial charge in [-0.15, -0.1) is 0 Å². The predicted molar refractivity (Wildman–Crippen MR) is 147 cm³/mol. The normalized spacial score (nSPS) is 10.8. The Kier molecular flexibility index (Phi) is 17.7. The van der Waals surface area contributed by atoms with Crippen molar-refractivity contribution in [3.63, 3.8) is 0 Å². The number of rotatable bonds is 24. The Bertz CT molecular complexity index is 783. The summed E-state index contributed by atoms with van der Waals surface area (Å²) in [4.78, 5) is 35.3. The lowest BCUT2D eigenvalue weighted by Crippen LogP contribution is -2.36. The van der Waals surface area contributed by atoms with Gasteiger partial charge in [-0.3, -0.25) is 14.4 Å². The van der Waals surface area contributed by atoms with Crippen LogP contribution in [0.15, 0.2) is 18.2 Å². The van der Waals surface area contributed by atoms with Crippen LogP contribution in [-0.2, 0) is 9.59 Å². The molecule has 0 spiro atoms. The SMILES string of the molecule is CCCCCCCCCCCCCCCCCCOc1ccc(C(N)=O)c(N(CC(=O)O)CC(=O)O)c1. The van der Waals surface area contributed by atoms with Crippen LogP contribution in [0.1, 0.15) is 120 Å². The number of benzene rings is 1. The lowest BCUT2D eigenvalue weighted by molar-refractivity contribution is -0.136. The first kappa shape index (κ1) is 32.3. The molecule has 37 heavy (non-hydrogen) atoms. The topological polar surface area (TPSA) is 130 Å². The van der Waals surface area contributed by atoms with Crippen LogP contribution in [-0.4, -0.2) is 47.8 Å². The van der Waals surface area contributed by atoms with E-state index < -0.39 is 30.9 Å². The average Bonchev–Trinajstić information content (AvgIpc) is 2.84. The number of aliphatic carboxylic acids is 2. The molecule has 8 heteroatoms. The highest BCUT2D eigenvalue weighted by molar-refractivity contribution is 6.00. The fraction of sp³-hybridized carbons (Fsp3) is 0.690. The molecule has 1 amide bonds. The Morgan fingerprint density at radius 2 is 1.16 bits per heavy atom. The van der Waals surface area contributed by atoms with Gasteiger partial charge in [0.25, 0.3) is 5.91 Å². The van der Waals surface area contributed by atoms with Crippen LogP contribution in [0.5, 0.6) is 5.75 Å². The number of ether oxygens (including phenoxy) is 1. The number of hydrogen-bond donors (Lipinski definition) is 3. The monoisotopic (exact) mass is 520 g/mol. The van der Waals surface area contributed by atoms with Gasteiger partial charge < -0.3 is 25.6 Å². The van der Waals surface area contributed by atoms with Crippen molar-refractivity contribution in [2.24, 2.45) is 5.73 Å². The summed E-state index contributed by atoms with van der Waals surface area (Å²) in [5.41, 5.74) is 5.60. The number of nitrogens with two attached hydrogens (primary N) is 1. The van der Waals surface area contributed by atoms with E-state index in [0.717, 1.165) is 24.2 Å². The second-order valence-electron chi connectivity index (χ2n) is 9.84. The number of carboxylic acids is 2. The van der Waals surface area contributed by atoms with Crippen LogP contribution in [0, 0.1) is 0 Å². The van der Waals surface area contributed by atoms with Gasteiger partial charge in [0.05, 0.1) is 17.9 Å². The van der Waals surface area contributed by atoms with Gasteiger partial charge in [0.1, 0.15) is 18.8 Å². The third-order valence-corrected chi connectivity index (χ3v) is 6.49. The van der Waals surface area contributed by atoms with Crippen molar-refractivity contribution in [1.29, 1.82) is 0 Å². The Morgan fingerprint density at radius 3 is 1.57 bits per heavy atom. The molecule has 0 bridgehead atoms. The summed E-state index contributed by atoms with van der Waals surface area (Å²) < 4.78 is 5.79. The average molecular weight is 521 g/mol. The van der Waals surface area contributed by atoms with Crippen molar-refractivity contribution in [1.82, 2.24) is 0 Å². The highest BCUT2D eigenvalue weighted by Gasteiger charge is 2.20. The molecule has 8 nitrogen and oxygen atoms in total. The van der Waals surface area contributed by atoms with Gasteiger partial charge in [-0.2, -0.15) is 0 Å². The number of carbonyl (C=O) groups is 3. The fourth-order valence-electron chi connectivity index (χ4n) is 4.46. The molecule has 0 atom stereocenters. The second kappa shape index (κ2) is 20.3. The molecule has 0 aliphatic carbocycles. The molecular weight excluding hydrogens is 472 g/mol. The number of carboxylic acid groups (broad SMARTS) is 2. The van der Waals surface area contributed by atoms with Gasteiger partial charge >= 0.3 is 11.9 Å². The summed E-state index contributed by atoms with van der Waals surface area (Å²) in [6, 6.07) is 4.52. The van der Waals surface area contributed by atoms with E-state index in [4.69, 9.17) is 20.7 Å². The van der Waals surface area contributed by atoms with Gasteiger partial charge in [0, 0.05) is 6.07 Å². The molecule has 1 aromatic rings. The van der Waals surface area contributed by atoms with Gasteiger partial charge in [-0.1, -0.05) is 103 Å². The molecule has 0 fully saturated rings. The third-order valence-electron chi connectivity index (χ3n) is 6.49. The number of nitrogens with zero attached hydrogens (tertiary/aromatic N) is 1. The van der Waals surface area contributed by atoms with Crippen LogP contribution >= 0.6 is 0 Å². The smallest absolute Gasteiger partial charge is 0.323 e. The van der Waals surface area contributed by atoms with Crippen LogP contribution in [0.3, 0.4) is 0 Å². The Balaban J connectivity index is 2.23. The van der Waals surface area contributed by atoms with E-state index in [2.05, 4.69) is 6.92 Å². The molecule has 0 radical (unpaired) electrons. The van der Waals surface area contributed by atoms with Crippen LogP contribution < -0.4 is 15.4 Å². The van der Waals surface area contributed by atoms with E-state index in [1.165, 1.54) is 95.6 Å². The maximum Gasteiger partial charge on any atom is 0.323 e. The first-order chi connectivity index (χ1) is 17.8. The predicted octanol–water partition coefficient (Wildman–Crippen LogP) is 6.40. The molecule has 0 heterocycles. The molecule has 0 aliphatic rings. The summed E-state index contributed by atoms with van der Waals surface area (Å²) in [5.74, 6) is -2.74. The van der Waals surface area contributed by atoms with Gasteiger partial charge in [-0.05, 0) is 18.6 Å². The largest absolute Gasteiger partial charge is 0.494 e. The minimum Gasteiger partial charge on any atom is -0.494 e. The van der Waals surface area contributed by atoms with Gasteiger partial charge in [0.2, 0.25) is 0 Å². The van der Waals surface area contributed by atoms with E-state index in [1.807, 2.05) is 0 Å². The molecule has 1 rings (SSSR count). The molecule has 1 aromatic carbocycles. The fourth-order valence-corrected chi connectivity index (χ4v) is 4.46. The number of amides is 1. The standard InChI is InChI=1S/C29H48N2O6/c1-2-3-4-5-6-7-8-9-10-11-12-13-14-15-16-17-20-37-24-18-19-25(29(30)36)26(21-24)31(22-27(32)33)23-28(34)35/h18-19,21H,2-17,20,22-23H2,1H3,(H2,30,36)(H,32,33)(H,34,35). The molecule has 4 N–H and O–H groups in total. The van der Waals surface area contributed by atoms with Crippen LogP contribution in [0.2, 0.25) is 0 Å². The van der Waals surface area contributed by atoms with E-state index >= 15 is 0 Å². The summed E-state index contributed by atoms with van der Waals surface area (Å²) in [6.45, 7) is 1.60. The number of anilines is 1. The van der Waals surface area contributed by atoms with Crippen molar-refractivity contribution >= 4 is 23.5 Å². The summed E-state index contributed by atoms with van der Waals surface area (Å²) >= 11 is 0. The van der Waals surface area contributed by atoms with Gasteiger partial charge in [0.15, 0.2) is 0 Å². The van der Waals surface area contributed by atoms with Crippen molar-refractivity contribution in [2.75, 3.05) is 24.6 Å². The third kappa shape index (κ3) is 15.8. The lowest BCUT2D eigenvalue weighted by Gasteiger charge is -2.23. The molecule has 0 aliphatic heterocycles. The second-order valence-corrected chi connectivity index (χ2v) is 9.84. The Hall–Kier alpha value is -2.77. The maximum absolute atomic E-state index is 11.8. The van der Waals surface area contributed by atoms with E-state index in [9.17, 15) is 14.4 Å². The zero-order chi connectivity index (χ0) is 27.3. The number of carbonyl (C=O) groups excluding carboxylic acids is 1. The quantitative estimate of drug-likeness (QED) is 0.134. The van der Waals surface area contributed by atoms with Crippen LogP contribution in [0.4, 0.5) is 5.69 Å². The lowest BCUT2D eigenvalue weighted by atomic mass is 10.0. The van der Waals surface area contributed by atoms with Crippen molar-refractivity contribution in [3.05, 3.63) is 23.8 Å². The molecule has 0 aromatic heterocycles. The van der Waals surface area contributed by atoms with Crippen molar-refractivity contribution < 1.29 is 29.3 Å². The summed E-state index contributed by atoms with van der Waals surface area (Å²) in [5, 5.41) is 18.3. The van der Waals surface area contributed by atoms with Crippen molar-refractivity contribution in [3.8, 4) is 5.75 Å². The molecule has 0 saturated heterocycles. The number of primary amides is 1. The number of unbranched alkanes of at least 4 members (excludes halogenated alkanes) is 15. The number of hydrogen-bond acceptors (Lipinski definition) is 5. The highest BCUT2D eigenvalue weighted by Crippen LogP contribution is 2.26. The van der Waals surface area contributed by atoms with Crippen LogP contribution in [0.25, 0.3) is 0 Å². The zero-order valence-electron chi connectivity index (χ0n) is 22.7. The first-order valence-corrected chi connectivity index (χ1v) is 14.1. The molecular formula is C29H48N2O6. The van der Waals surface area contributed by atoms with Gasteiger partial charge in [-0.25, -0.2) is 0 Å². The zero-order valence-corrected chi connectivity index (χ0v) is 22.7. The molecule has 0 unspecified atom stereocenters. The molecule has 210 valence electrons. The maximum atomic E-state index is 11.8. The molecule has 0 saturated carbocycles. The first-order valence-electron chi connectivity index (χ1n) is 14.1.